The van der Waals surface area contributed by atoms with Gasteiger partial charge in [-0.2, -0.15) is 16.8 Å². The van der Waals surface area contributed by atoms with Crippen LogP contribution in [0.2, 0.25) is 0 Å². The highest BCUT2D eigenvalue weighted by molar-refractivity contribution is 7.86. The fourth-order valence-electron chi connectivity index (χ4n) is 17.9. The molecule has 104 heavy (non-hydrogen) atoms. The third-order valence-electron chi connectivity index (χ3n) is 23.0. The largest absolute Gasteiger partial charge is 0.347 e. The molecule has 0 unspecified atom stereocenters. The van der Waals surface area contributed by atoms with Crippen LogP contribution in [-0.4, -0.2) is 90.6 Å². The topological polar surface area (TPSA) is 122 Å². The quantitative estimate of drug-likeness (QED) is 0.0905. The first-order valence-corrected chi connectivity index (χ1v) is 40.2. The van der Waals surface area contributed by atoms with Gasteiger partial charge in [0.05, 0.1) is 9.79 Å². The second-order valence-corrected chi connectivity index (χ2v) is 35.4. The number of likely N-dealkylation sites (N-methyl/N-ethyl adjacent to an activating group) is 1. The predicted octanol–water partition coefficient (Wildman–Crippen LogP) is 22.2. The van der Waals surface area contributed by atoms with E-state index in [1.165, 1.54) is 102 Å². The molecule has 540 valence electrons. The van der Waals surface area contributed by atoms with Gasteiger partial charge in [-0.3, -0.25) is 9.11 Å². The van der Waals surface area contributed by atoms with Crippen molar-refractivity contribution in [1.29, 1.82) is 0 Å². The summed E-state index contributed by atoms with van der Waals surface area (Å²) in [5.41, 5.74) is 21.4. The van der Waals surface area contributed by atoms with Crippen LogP contribution in [0.3, 0.4) is 0 Å². The molecule has 0 atom stereocenters. The molecule has 8 aromatic rings. The fourth-order valence-corrected chi connectivity index (χ4v) is 19.6. The van der Waals surface area contributed by atoms with Crippen molar-refractivity contribution in [2.45, 2.75) is 152 Å². The minimum Gasteiger partial charge on any atom is -0.347 e. The van der Waals surface area contributed by atoms with Crippen LogP contribution < -0.4 is 9.80 Å². The Morgan fingerprint density at radius 2 is 0.913 bits per heavy atom. The standard InChI is InChI=1S/C49H58ClN3.C41H40ClNO6S2/c1-48(2)42(40(22-14-31-51(5)6)41-27-23-34-16-9-11-20-38(34)45(41)48)28-24-36-18-13-19-37(47(36)50)26-30-44-49(3,4)46-39-21-12-10-17-35(39)25-29-43(46)53(44)33-15-32-52(7)8;1-24-31-16-10-27-22-29(50(44,45)46)14-17-32(27)37(31)40(2,3)34(24)19-11-25-8-7-9-26(39(25)42)13-21-36-41(4,5)38-33-18-15-30(51(47,48)49)23-28(33)12-20-35(38)43(36)6/h9-12,16-17,20-21,23-30H,13-15,18-19,22,31-33H2,1-8H3;10-23H,7-9H2,1-6H3,(H,44,45,46)(H,47,48,49)/b28-24+,37-26?,44-30+;19-11+,26-13?,36-21+. The second kappa shape index (κ2) is 28.4. The van der Waals surface area contributed by atoms with Crippen LogP contribution in [0.5, 0.6) is 0 Å². The zero-order valence-corrected chi connectivity index (χ0v) is 65.8. The molecule has 14 heteroatoms. The Morgan fingerprint density at radius 3 is 1.49 bits per heavy atom. The number of anilines is 2. The molecule has 8 aromatic carbocycles. The Bertz CT molecular complexity index is 5460. The molecule has 4 aliphatic carbocycles. The van der Waals surface area contributed by atoms with E-state index in [9.17, 15) is 25.9 Å². The summed E-state index contributed by atoms with van der Waals surface area (Å²) in [6, 6.07) is 44.4. The Balaban J connectivity index is 0.000000185. The SMILES string of the molecule is CC1=C(/C=C/C2=C(Cl)C(=C/C=C3/N(C)c4ccc5cc(S(=O)(=O)O)ccc5c4C3(C)C)CCC2)C(C)(C)c2c1ccc1cc(S(=O)(=O)O)ccc21.CN(C)CCCC1=C(/C=C/C2=C(Cl)C(=C/C=C3/N(CCCN(C)C)c4ccc5ccccc5c4C3(C)C)CCC2)C(C)(C)c2c1ccc1ccccc21. The number of allylic oxidation sites excluding steroid dienone is 20. The van der Waals surface area contributed by atoms with E-state index < -0.39 is 20.2 Å². The van der Waals surface area contributed by atoms with Gasteiger partial charge >= 0.3 is 0 Å². The monoisotopic (exact) mass is 1460 g/mol. The summed E-state index contributed by atoms with van der Waals surface area (Å²) in [6.45, 7) is 23.6. The van der Waals surface area contributed by atoms with Gasteiger partial charge in [-0.15, -0.1) is 0 Å². The Hall–Kier alpha value is -7.88. The van der Waals surface area contributed by atoms with E-state index in [4.69, 9.17) is 23.2 Å². The first kappa shape index (κ1) is 74.4. The number of nitrogens with zero attached hydrogens (tertiary/aromatic N) is 4. The highest BCUT2D eigenvalue weighted by Crippen LogP contribution is 2.56. The van der Waals surface area contributed by atoms with Gasteiger partial charge in [0.2, 0.25) is 0 Å². The highest BCUT2D eigenvalue weighted by atomic mass is 35.5. The van der Waals surface area contributed by atoms with Gasteiger partial charge in [0.1, 0.15) is 0 Å². The molecule has 0 bridgehead atoms. The van der Waals surface area contributed by atoms with Gasteiger partial charge in [-0.25, -0.2) is 0 Å². The second-order valence-electron chi connectivity index (χ2n) is 31.8. The molecule has 0 radical (unpaired) electrons. The minimum atomic E-state index is -4.31. The smallest absolute Gasteiger partial charge is 0.294 e. The lowest BCUT2D eigenvalue weighted by atomic mass is 9.78. The van der Waals surface area contributed by atoms with Crippen LogP contribution in [0.4, 0.5) is 11.4 Å². The third-order valence-corrected chi connectivity index (χ3v) is 25.7. The Labute approximate surface area is 627 Å². The number of rotatable bonds is 16. The summed E-state index contributed by atoms with van der Waals surface area (Å²) in [7, 11) is 2.09. The lowest BCUT2D eigenvalue weighted by molar-refractivity contribution is 0.401. The summed E-state index contributed by atoms with van der Waals surface area (Å²) < 4.78 is 66.4. The number of hydrogen-bond acceptors (Lipinski definition) is 8. The van der Waals surface area contributed by atoms with Gasteiger partial charge in [-0.05, 0) is 276 Å². The van der Waals surface area contributed by atoms with Gasteiger partial charge < -0.3 is 19.6 Å². The number of fused-ring (bicyclic) bond motifs is 12. The zero-order chi connectivity index (χ0) is 74.3. The first-order valence-electron chi connectivity index (χ1n) is 36.6. The molecule has 0 fully saturated rings. The number of halogens is 2. The average Bonchev–Trinajstić information content (AvgIpc) is 1.59. The van der Waals surface area contributed by atoms with Crippen LogP contribution in [-0.2, 0) is 41.9 Å². The number of hydrogen-bond donors (Lipinski definition) is 2. The van der Waals surface area contributed by atoms with Crippen molar-refractivity contribution >= 4 is 109 Å². The molecule has 2 N–H and O–H groups in total. The van der Waals surface area contributed by atoms with Crippen molar-refractivity contribution in [1.82, 2.24) is 9.80 Å². The molecule has 2 aliphatic heterocycles. The Morgan fingerprint density at radius 1 is 0.471 bits per heavy atom. The van der Waals surface area contributed by atoms with E-state index in [-0.39, 0.29) is 31.5 Å². The van der Waals surface area contributed by atoms with Crippen molar-refractivity contribution < 1.29 is 25.9 Å². The van der Waals surface area contributed by atoms with E-state index in [1.807, 2.05) is 31.3 Å². The van der Waals surface area contributed by atoms with Crippen molar-refractivity contribution in [3.63, 3.8) is 0 Å². The Kier molecular flexibility index (Phi) is 20.3. The molecule has 10 nitrogen and oxygen atoms in total. The van der Waals surface area contributed by atoms with Crippen LogP contribution in [0, 0.1) is 0 Å². The van der Waals surface area contributed by atoms with Crippen molar-refractivity contribution in [3.05, 3.63) is 270 Å². The van der Waals surface area contributed by atoms with Crippen molar-refractivity contribution in [3.8, 4) is 0 Å². The van der Waals surface area contributed by atoms with Crippen molar-refractivity contribution in [2.24, 2.45) is 0 Å². The van der Waals surface area contributed by atoms with Crippen LogP contribution >= 0.6 is 23.2 Å². The maximum atomic E-state index is 11.8. The molecular weight excluding hydrogens is 1370 g/mol. The van der Waals surface area contributed by atoms with Crippen LogP contribution in [0.1, 0.15) is 153 Å². The molecule has 0 saturated heterocycles. The lowest BCUT2D eigenvalue weighted by Crippen LogP contribution is -2.28. The summed E-state index contributed by atoms with van der Waals surface area (Å²) in [4.78, 5) is 9.09. The molecule has 0 saturated carbocycles. The van der Waals surface area contributed by atoms with E-state index in [0.29, 0.717) is 0 Å². The summed E-state index contributed by atoms with van der Waals surface area (Å²) in [6.07, 6.45) is 27.2. The van der Waals surface area contributed by atoms with E-state index in [0.717, 1.165) is 154 Å². The summed E-state index contributed by atoms with van der Waals surface area (Å²) >= 11 is 14.5. The van der Waals surface area contributed by atoms with E-state index >= 15 is 0 Å². The fraction of sp³-hybridized carbons (Fsp3) is 0.333. The van der Waals surface area contributed by atoms with Gasteiger partial charge in [0.25, 0.3) is 20.2 Å². The zero-order valence-electron chi connectivity index (χ0n) is 62.7. The van der Waals surface area contributed by atoms with E-state index in [2.05, 4.69) is 232 Å². The van der Waals surface area contributed by atoms with Crippen LogP contribution in [0.15, 0.2) is 247 Å². The first-order chi connectivity index (χ1) is 49.2. The lowest BCUT2D eigenvalue weighted by Gasteiger charge is -2.28. The summed E-state index contributed by atoms with van der Waals surface area (Å²) in [5, 5.41) is 10.4. The molecule has 0 aromatic heterocycles. The molecular formula is C90H98Cl2N4O6S2. The molecule has 14 rings (SSSR count). The van der Waals surface area contributed by atoms with Crippen molar-refractivity contribution in [2.75, 3.05) is 64.7 Å². The third kappa shape index (κ3) is 13.7. The van der Waals surface area contributed by atoms with Gasteiger partial charge in [0.15, 0.2) is 0 Å². The van der Waals surface area contributed by atoms with E-state index in [1.54, 1.807) is 12.1 Å². The normalized spacial score (nSPS) is 20.1. The molecule has 2 heterocycles. The molecule has 0 spiro atoms. The average molecular weight is 1470 g/mol. The summed E-state index contributed by atoms with van der Waals surface area (Å²) in [5.74, 6) is 0. The van der Waals surface area contributed by atoms with Gasteiger partial charge in [-0.1, -0.05) is 212 Å². The maximum Gasteiger partial charge on any atom is 0.294 e. The minimum absolute atomic E-state index is 0.103. The molecule has 0 amide bonds. The highest BCUT2D eigenvalue weighted by Gasteiger charge is 2.43. The number of benzene rings is 8. The predicted molar refractivity (Wildman–Crippen MR) is 438 cm³/mol. The van der Waals surface area contributed by atoms with Crippen LogP contribution in [0.25, 0.3) is 54.2 Å². The van der Waals surface area contributed by atoms with Gasteiger partial charge in [0, 0.05) is 68.1 Å². The maximum absolute atomic E-state index is 11.8. The molecule has 6 aliphatic rings.